The second-order valence-electron chi connectivity index (χ2n) is 7.27. The van der Waals surface area contributed by atoms with Crippen LogP contribution in [0.3, 0.4) is 0 Å². The highest BCUT2D eigenvalue weighted by Crippen LogP contribution is 2.33. The molecule has 0 atom stereocenters. The predicted octanol–water partition coefficient (Wildman–Crippen LogP) is 3.23. The van der Waals surface area contributed by atoms with E-state index in [2.05, 4.69) is 20.4 Å². The molecule has 0 spiro atoms. The van der Waals surface area contributed by atoms with E-state index in [4.69, 9.17) is 0 Å². The Bertz CT molecular complexity index is 1010. The van der Waals surface area contributed by atoms with Gasteiger partial charge in [0.25, 0.3) is 5.56 Å². The summed E-state index contributed by atoms with van der Waals surface area (Å²) in [6, 6.07) is 1.61. The van der Waals surface area contributed by atoms with Gasteiger partial charge < -0.3 is 10.3 Å². The maximum Gasteiger partial charge on any atom is 0.251 e. The first-order valence-electron chi connectivity index (χ1n) is 8.96. The maximum absolute atomic E-state index is 13.3. The summed E-state index contributed by atoms with van der Waals surface area (Å²) in [6.07, 6.45) is 3.54. The molecule has 1 aliphatic heterocycles. The Balaban J connectivity index is 0.00000225. The van der Waals surface area contributed by atoms with Crippen molar-refractivity contribution < 1.29 is 8.78 Å². The van der Waals surface area contributed by atoms with Crippen LogP contribution in [-0.2, 0) is 5.41 Å². The summed E-state index contributed by atoms with van der Waals surface area (Å²) in [4.78, 5) is 19.5. The van der Waals surface area contributed by atoms with Crippen LogP contribution in [0.25, 0.3) is 16.2 Å². The summed E-state index contributed by atoms with van der Waals surface area (Å²) in [5, 5.41) is 10.1. The van der Waals surface area contributed by atoms with E-state index >= 15 is 0 Å². The SMILES string of the molecule is CC(CF)(CF)c1csc(-c2cnn3c(C4CCNCC4)cc(=O)[nH]c23)n1.Cl. The Kier molecular flexibility index (Phi) is 6.16. The minimum Gasteiger partial charge on any atom is -0.317 e. The Labute approximate surface area is 170 Å². The summed E-state index contributed by atoms with van der Waals surface area (Å²) in [7, 11) is 0. The van der Waals surface area contributed by atoms with Crippen LogP contribution < -0.4 is 10.9 Å². The Hall–Kier alpha value is -1.84. The fraction of sp³-hybridized carbons (Fsp3) is 0.500. The maximum atomic E-state index is 13.3. The molecule has 1 aliphatic rings. The van der Waals surface area contributed by atoms with Gasteiger partial charge in [0, 0.05) is 17.4 Å². The molecular formula is C18H22ClF2N5OS. The Morgan fingerprint density at radius 1 is 1.32 bits per heavy atom. The summed E-state index contributed by atoms with van der Waals surface area (Å²) < 4.78 is 28.4. The van der Waals surface area contributed by atoms with E-state index in [9.17, 15) is 13.6 Å². The van der Waals surface area contributed by atoms with Gasteiger partial charge in [0.15, 0.2) is 0 Å². The normalized spacial score (nSPS) is 15.7. The van der Waals surface area contributed by atoms with Crippen molar-refractivity contribution >= 4 is 29.4 Å². The first-order chi connectivity index (χ1) is 13.1. The highest BCUT2D eigenvalue weighted by atomic mass is 35.5. The zero-order valence-electron chi connectivity index (χ0n) is 15.4. The molecule has 2 N–H and O–H groups in total. The molecule has 3 aromatic rings. The van der Waals surface area contributed by atoms with Crippen LogP contribution in [-0.4, -0.2) is 46.0 Å². The molecule has 0 aliphatic carbocycles. The van der Waals surface area contributed by atoms with Crippen molar-refractivity contribution in [2.45, 2.75) is 31.1 Å². The van der Waals surface area contributed by atoms with Gasteiger partial charge in [0.2, 0.25) is 0 Å². The monoisotopic (exact) mass is 429 g/mol. The first kappa shape index (κ1) is 20.9. The standard InChI is InChI=1S/C18H21F2N5OS.ClH/c1-18(9-19,10-20)14-8-27-17(23-14)12-7-22-25-13(6-15(26)24-16(12)25)11-2-4-21-5-3-11;/h6-8,11,21H,2-5,9-10H2,1H3,(H,24,26);1H. The van der Waals surface area contributed by atoms with Crippen LogP contribution in [0.1, 0.15) is 37.1 Å². The molecule has 4 rings (SSSR count). The van der Waals surface area contributed by atoms with Gasteiger partial charge in [0.1, 0.15) is 24.0 Å². The number of hydrogen-bond donors (Lipinski definition) is 2. The van der Waals surface area contributed by atoms with Crippen molar-refractivity contribution in [1.82, 2.24) is 24.9 Å². The molecule has 4 heterocycles. The first-order valence-corrected chi connectivity index (χ1v) is 9.83. The third kappa shape index (κ3) is 3.58. The molecule has 152 valence electrons. The number of H-pyrrole nitrogens is 1. The van der Waals surface area contributed by atoms with Gasteiger partial charge in [-0.15, -0.1) is 23.7 Å². The minimum atomic E-state index is -1.24. The molecule has 1 fully saturated rings. The van der Waals surface area contributed by atoms with Gasteiger partial charge in [0.05, 0.1) is 28.6 Å². The number of alkyl halides is 2. The molecule has 0 aromatic carbocycles. The molecule has 0 bridgehead atoms. The van der Waals surface area contributed by atoms with Gasteiger partial charge >= 0.3 is 0 Å². The average molecular weight is 430 g/mol. The number of piperidine rings is 1. The molecule has 3 aromatic heterocycles. The van der Waals surface area contributed by atoms with Crippen molar-refractivity contribution in [2.24, 2.45) is 0 Å². The molecule has 1 saturated heterocycles. The number of halogens is 3. The number of hydrogen-bond acceptors (Lipinski definition) is 5. The van der Waals surface area contributed by atoms with Gasteiger partial charge in [-0.1, -0.05) is 0 Å². The molecule has 0 amide bonds. The predicted molar refractivity (Wildman–Crippen MR) is 108 cm³/mol. The highest BCUT2D eigenvalue weighted by molar-refractivity contribution is 7.13. The van der Waals surface area contributed by atoms with Crippen molar-refractivity contribution in [3.8, 4) is 10.6 Å². The van der Waals surface area contributed by atoms with Crippen LogP contribution in [0.4, 0.5) is 8.78 Å². The third-order valence-electron chi connectivity index (χ3n) is 5.23. The molecule has 10 heteroatoms. The van der Waals surface area contributed by atoms with Gasteiger partial charge in [-0.05, 0) is 32.9 Å². The summed E-state index contributed by atoms with van der Waals surface area (Å²) in [5.74, 6) is 0.261. The number of nitrogens with zero attached hydrogens (tertiary/aromatic N) is 3. The van der Waals surface area contributed by atoms with Crippen LogP contribution in [0, 0.1) is 0 Å². The second-order valence-corrected chi connectivity index (χ2v) is 8.13. The lowest BCUT2D eigenvalue weighted by atomic mass is 9.91. The van der Waals surface area contributed by atoms with Crippen LogP contribution in [0.15, 0.2) is 22.4 Å². The summed E-state index contributed by atoms with van der Waals surface area (Å²) in [6.45, 7) is 1.69. The largest absolute Gasteiger partial charge is 0.317 e. The van der Waals surface area contributed by atoms with E-state index in [-0.39, 0.29) is 23.9 Å². The fourth-order valence-corrected chi connectivity index (χ4v) is 4.41. The fourth-order valence-electron chi connectivity index (χ4n) is 3.43. The highest BCUT2D eigenvalue weighted by Gasteiger charge is 2.30. The van der Waals surface area contributed by atoms with Crippen LogP contribution in [0.5, 0.6) is 0 Å². The second kappa shape index (κ2) is 8.26. The number of thiazole rings is 1. The lowest BCUT2D eigenvalue weighted by Crippen LogP contribution is -2.28. The van der Waals surface area contributed by atoms with E-state index in [1.165, 1.54) is 18.3 Å². The van der Waals surface area contributed by atoms with E-state index in [1.54, 1.807) is 22.2 Å². The minimum absolute atomic E-state index is 0. The zero-order valence-corrected chi connectivity index (χ0v) is 17.0. The van der Waals surface area contributed by atoms with Gasteiger partial charge in [-0.3, -0.25) is 4.79 Å². The number of aromatic nitrogens is 4. The van der Waals surface area contributed by atoms with Gasteiger partial charge in [-0.2, -0.15) is 5.10 Å². The van der Waals surface area contributed by atoms with Crippen molar-refractivity contribution in [3.63, 3.8) is 0 Å². The number of fused-ring (bicyclic) bond motifs is 1. The number of nitrogens with one attached hydrogen (secondary N) is 2. The molecule has 0 radical (unpaired) electrons. The van der Waals surface area contributed by atoms with Crippen LogP contribution in [0.2, 0.25) is 0 Å². The van der Waals surface area contributed by atoms with Gasteiger partial charge in [-0.25, -0.2) is 18.3 Å². The number of rotatable bonds is 5. The average Bonchev–Trinajstić information content (AvgIpc) is 3.34. The lowest BCUT2D eigenvalue weighted by Gasteiger charge is -2.23. The van der Waals surface area contributed by atoms with Crippen molar-refractivity contribution in [1.29, 1.82) is 0 Å². The number of aromatic amines is 1. The van der Waals surface area contributed by atoms with Crippen molar-refractivity contribution in [2.75, 3.05) is 26.4 Å². The lowest BCUT2D eigenvalue weighted by molar-refractivity contribution is 0.254. The Morgan fingerprint density at radius 3 is 2.71 bits per heavy atom. The summed E-state index contributed by atoms with van der Waals surface area (Å²) >= 11 is 1.30. The third-order valence-corrected chi connectivity index (χ3v) is 6.11. The van der Waals surface area contributed by atoms with E-state index in [1.807, 2.05) is 0 Å². The molecule has 28 heavy (non-hydrogen) atoms. The quantitative estimate of drug-likeness (QED) is 0.653. The smallest absolute Gasteiger partial charge is 0.251 e. The molecular weight excluding hydrogens is 408 g/mol. The van der Waals surface area contributed by atoms with Crippen LogP contribution >= 0.6 is 23.7 Å². The molecule has 6 nitrogen and oxygen atoms in total. The van der Waals surface area contributed by atoms with E-state index in [0.29, 0.717) is 21.9 Å². The topological polar surface area (TPSA) is 75.1 Å². The van der Waals surface area contributed by atoms with E-state index < -0.39 is 18.8 Å². The molecule has 0 saturated carbocycles. The van der Waals surface area contributed by atoms with E-state index in [0.717, 1.165) is 31.6 Å². The summed E-state index contributed by atoms with van der Waals surface area (Å²) in [5.41, 5.74) is 1.07. The Morgan fingerprint density at radius 2 is 2.04 bits per heavy atom. The molecule has 0 unspecified atom stereocenters. The van der Waals surface area contributed by atoms with Crippen molar-refractivity contribution in [3.05, 3.63) is 39.4 Å². The zero-order chi connectivity index (χ0) is 19.0.